The summed E-state index contributed by atoms with van der Waals surface area (Å²) in [5.41, 5.74) is 0.246. The molecule has 21 heavy (non-hydrogen) atoms. The monoisotopic (exact) mass is 286 g/mol. The highest BCUT2D eigenvalue weighted by atomic mass is 16.3. The van der Waals surface area contributed by atoms with Gasteiger partial charge in [0, 0.05) is 12.6 Å². The molecule has 110 valence electrons. The van der Waals surface area contributed by atoms with Crippen LogP contribution in [0.4, 0.5) is 0 Å². The van der Waals surface area contributed by atoms with Crippen LogP contribution >= 0.6 is 0 Å². The van der Waals surface area contributed by atoms with Crippen LogP contribution in [0, 0.1) is 5.92 Å². The smallest absolute Gasteiger partial charge is 0.287 e. The molecular weight excluding hydrogens is 268 g/mol. The number of fused-ring (bicyclic) bond motifs is 1. The summed E-state index contributed by atoms with van der Waals surface area (Å²) in [6.07, 6.45) is 2.24. The zero-order valence-electron chi connectivity index (χ0n) is 11.7. The van der Waals surface area contributed by atoms with Crippen LogP contribution in [-0.4, -0.2) is 25.5 Å². The molecular formula is C16H18N2O3. The molecule has 5 nitrogen and oxygen atoms in total. The predicted molar refractivity (Wildman–Crippen MR) is 80.4 cm³/mol. The molecule has 1 fully saturated rings. The molecule has 1 unspecified atom stereocenters. The fraction of sp³-hybridized carbons (Fsp3) is 0.375. The lowest BCUT2D eigenvalue weighted by Gasteiger charge is -2.22. The topological polar surface area (TPSA) is 71.3 Å². The summed E-state index contributed by atoms with van der Waals surface area (Å²) in [6, 6.07) is 8.20. The first-order chi connectivity index (χ1) is 10.2. The van der Waals surface area contributed by atoms with Crippen molar-refractivity contribution >= 4 is 16.9 Å². The molecule has 2 heterocycles. The van der Waals surface area contributed by atoms with Gasteiger partial charge in [0.05, 0.1) is 5.39 Å². The Hall–Kier alpha value is -2.14. The van der Waals surface area contributed by atoms with Gasteiger partial charge < -0.3 is 15.1 Å². The standard InChI is InChI=1S/C16H18N2O3/c19-13-8-15(21-14-6-2-1-5-12(13)14)16(20)18-10-11-4-3-7-17-9-11/h1-2,5-6,8,11,17H,3-4,7,9-10H2,(H,18,20). The Morgan fingerprint density at radius 1 is 1.38 bits per heavy atom. The first-order valence-electron chi connectivity index (χ1n) is 7.26. The van der Waals surface area contributed by atoms with Gasteiger partial charge in [0.25, 0.3) is 5.91 Å². The molecule has 1 saturated heterocycles. The largest absolute Gasteiger partial charge is 0.451 e. The van der Waals surface area contributed by atoms with Crippen LogP contribution in [0.3, 0.4) is 0 Å². The molecule has 2 N–H and O–H groups in total. The van der Waals surface area contributed by atoms with Crippen LogP contribution in [0.1, 0.15) is 23.4 Å². The van der Waals surface area contributed by atoms with Crippen LogP contribution in [0.25, 0.3) is 11.0 Å². The zero-order valence-corrected chi connectivity index (χ0v) is 11.7. The Bertz CT molecular complexity index is 702. The van der Waals surface area contributed by atoms with Crippen molar-refractivity contribution in [2.24, 2.45) is 5.92 Å². The molecule has 1 aromatic heterocycles. The molecule has 1 amide bonds. The van der Waals surface area contributed by atoms with Gasteiger partial charge in [-0.1, -0.05) is 12.1 Å². The van der Waals surface area contributed by atoms with E-state index in [1.807, 2.05) is 0 Å². The molecule has 0 bridgehead atoms. The summed E-state index contributed by atoms with van der Waals surface area (Å²) in [6.45, 7) is 2.56. The minimum Gasteiger partial charge on any atom is -0.451 e. The third-order valence-corrected chi connectivity index (χ3v) is 3.81. The van der Waals surface area contributed by atoms with Crippen molar-refractivity contribution in [2.45, 2.75) is 12.8 Å². The van der Waals surface area contributed by atoms with Gasteiger partial charge in [0.1, 0.15) is 5.58 Å². The minimum atomic E-state index is -0.330. The summed E-state index contributed by atoms with van der Waals surface area (Å²) in [5, 5.41) is 6.65. The molecule has 3 rings (SSSR count). The van der Waals surface area contributed by atoms with Gasteiger partial charge in [-0.15, -0.1) is 0 Å². The van der Waals surface area contributed by atoms with Gasteiger partial charge in [-0.25, -0.2) is 0 Å². The number of piperidine rings is 1. The van der Waals surface area contributed by atoms with E-state index in [4.69, 9.17) is 4.42 Å². The third-order valence-electron chi connectivity index (χ3n) is 3.81. The molecule has 1 aromatic carbocycles. The second kappa shape index (κ2) is 6.10. The maximum absolute atomic E-state index is 12.1. The average molecular weight is 286 g/mol. The number of benzene rings is 1. The van der Waals surface area contributed by atoms with Crippen molar-refractivity contribution in [1.82, 2.24) is 10.6 Å². The molecule has 2 aromatic rings. The number of para-hydroxylation sites is 1. The SMILES string of the molecule is O=C(NCC1CCCNC1)c1cc(=O)c2ccccc2o1. The van der Waals surface area contributed by atoms with Gasteiger partial charge in [-0.05, 0) is 44.0 Å². The van der Waals surface area contributed by atoms with Crippen molar-refractivity contribution in [3.05, 3.63) is 46.3 Å². The number of rotatable bonds is 3. The summed E-state index contributed by atoms with van der Waals surface area (Å²) in [7, 11) is 0. The molecule has 5 heteroatoms. The number of carbonyl (C=O) groups excluding carboxylic acids is 1. The summed E-state index contributed by atoms with van der Waals surface area (Å²) >= 11 is 0. The molecule has 0 aliphatic carbocycles. The highest BCUT2D eigenvalue weighted by Crippen LogP contribution is 2.12. The van der Waals surface area contributed by atoms with E-state index in [2.05, 4.69) is 10.6 Å². The lowest BCUT2D eigenvalue weighted by molar-refractivity contribution is 0.0917. The molecule has 1 aliphatic heterocycles. The van der Waals surface area contributed by atoms with Crippen LogP contribution in [0.2, 0.25) is 0 Å². The van der Waals surface area contributed by atoms with Crippen LogP contribution in [0.15, 0.2) is 39.5 Å². The maximum Gasteiger partial charge on any atom is 0.287 e. The Morgan fingerprint density at radius 2 is 2.24 bits per heavy atom. The van der Waals surface area contributed by atoms with E-state index in [0.29, 0.717) is 23.4 Å². The van der Waals surface area contributed by atoms with Crippen LogP contribution in [-0.2, 0) is 0 Å². The number of hydrogen-bond donors (Lipinski definition) is 2. The lowest BCUT2D eigenvalue weighted by atomic mass is 10.00. The molecule has 1 aliphatic rings. The first kappa shape index (κ1) is 13.8. The molecule has 0 radical (unpaired) electrons. The fourth-order valence-electron chi connectivity index (χ4n) is 2.64. The van der Waals surface area contributed by atoms with Crippen molar-refractivity contribution < 1.29 is 9.21 Å². The maximum atomic E-state index is 12.1. The van der Waals surface area contributed by atoms with Crippen molar-refractivity contribution in [3.8, 4) is 0 Å². The first-order valence-corrected chi connectivity index (χ1v) is 7.26. The number of amides is 1. The normalized spacial score (nSPS) is 18.6. The third kappa shape index (κ3) is 3.13. The van der Waals surface area contributed by atoms with Gasteiger partial charge >= 0.3 is 0 Å². The predicted octanol–water partition coefficient (Wildman–Crippen LogP) is 1.52. The summed E-state index contributed by atoms with van der Waals surface area (Å²) in [4.78, 5) is 24.1. The number of carbonyl (C=O) groups is 1. The summed E-state index contributed by atoms with van der Waals surface area (Å²) in [5.74, 6) is 0.181. The van der Waals surface area contributed by atoms with Gasteiger partial charge in [-0.3, -0.25) is 9.59 Å². The molecule has 1 atom stereocenters. The van der Waals surface area contributed by atoms with Crippen LogP contribution in [0.5, 0.6) is 0 Å². The fourth-order valence-corrected chi connectivity index (χ4v) is 2.64. The second-order valence-electron chi connectivity index (χ2n) is 5.39. The Labute approximate surface area is 122 Å². The van der Waals surface area contributed by atoms with Gasteiger partial charge in [-0.2, -0.15) is 0 Å². The Morgan fingerprint density at radius 3 is 3.05 bits per heavy atom. The van der Waals surface area contributed by atoms with Crippen molar-refractivity contribution in [2.75, 3.05) is 19.6 Å². The highest BCUT2D eigenvalue weighted by Gasteiger charge is 2.16. The number of hydrogen-bond acceptors (Lipinski definition) is 4. The van der Waals surface area contributed by atoms with E-state index < -0.39 is 0 Å². The Kier molecular flexibility index (Phi) is 4.01. The number of nitrogens with one attached hydrogen (secondary N) is 2. The van der Waals surface area contributed by atoms with E-state index in [1.54, 1.807) is 24.3 Å². The highest BCUT2D eigenvalue weighted by molar-refractivity contribution is 5.93. The van der Waals surface area contributed by atoms with Gasteiger partial charge in [0.2, 0.25) is 0 Å². The van der Waals surface area contributed by atoms with E-state index in [0.717, 1.165) is 25.9 Å². The quantitative estimate of drug-likeness (QED) is 0.897. The molecule has 0 spiro atoms. The lowest BCUT2D eigenvalue weighted by Crippen LogP contribution is -2.38. The average Bonchev–Trinajstić information content (AvgIpc) is 2.53. The zero-order chi connectivity index (χ0) is 14.7. The molecule has 0 saturated carbocycles. The van der Waals surface area contributed by atoms with E-state index in [1.165, 1.54) is 6.07 Å². The van der Waals surface area contributed by atoms with E-state index in [9.17, 15) is 9.59 Å². The second-order valence-corrected chi connectivity index (χ2v) is 5.39. The van der Waals surface area contributed by atoms with E-state index in [-0.39, 0.29) is 17.1 Å². The van der Waals surface area contributed by atoms with Gasteiger partial charge in [0.15, 0.2) is 11.2 Å². The van der Waals surface area contributed by atoms with E-state index >= 15 is 0 Å². The van der Waals surface area contributed by atoms with Crippen LogP contribution < -0.4 is 16.1 Å². The minimum absolute atomic E-state index is 0.0717. The van der Waals surface area contributed by atoms with Crippen molar-refractivity contribution in [1.29, 1.82) is 0 Å². The summed E-state index contributed by atoms with van der Waals surface area (Å²) < 4.78 is 5.52. The van der Waals surface area contributed by atoms with Crippen molar-refractivity contribution in [3.63, 3.8) is 0 Å². The Balaban J connectivity index is 1.73.